The molecule has 0 N–H and O–H groups in total. The van der Waals surface area contributed by atoms with Gasteiger partial charge in [-0.15, -0.1) is 0 Å². The Morgan fingerprint density at radius 2 is 2.19 bits per heavy atom. The van der Waals surface area contributed by atoms with Crippen LogP contribution in [-0.4, -0.2) is 62.9 Å². The van der Waals surface area contributed by atoms with Gasteiger partial charge in [0.2, 0.25) is 0 Å². The minimum atomic E-state index is -0.824. The third-order valence-corrected chi connectivity index (χ3v) is 2.16. The molecule has 1 saturated heterocycles. The lowest BCUT2D eigenvalue weighted by Gasteiger charge is -2.27. The van der Waals surface area contributed by atoms with Gasteiger partial charge in [0.25, 0.3) is 0 Å². The first-order valence-corrected chi connectivity index (χ1v) is 5.34. The summed E-state index contributed by atoms with van der Waals surface area (Å²) >= 11 is 0. The van der Waals surface area contributed by atoms with E-state index >= 15 is 0 Å². The molecule has 0 saturated carbocycles. The second kappa shape index (κ2) is 7.19. The van der Waals surface area contributed by atoms with Crippen LogP contribution in [0.1, 0.15) is 6.92 Å². The average molecular weight is 231 g/mol. The molecule has 0 aromatic heterocycles. The highest BCUT2D eigenvalue weighted by atomic mass is 16.6. The van der Waals surface area contributed by atoms with Gasteiger partial charge in [-0.05, 0) is 6.92 Å². The van der Waals surface area contributed by atoms with Gasteiger partial charge in [0.05, 0.1) is 19.8 Å². The summed E-state index contributed by atoms with van der Waals surface area (Å²) in [5.74, 6) is 0. The van der Waals surface area contributed by atoms with Gasteiger partial charge in [-0.25, -0.2) is 4.79 Å². The van der Waals surface area contributed by atoms with E-state index in [1.807, 2.05) is 6.92 Å². The molecule has 1 fully saturated rings. The van der Waals surface area contributed by atoms with Gasteiger partial charge in [-0.1, -0.05) is 0 Å². The van der Waals surface area contributed by atoms with E-state index in [1.165, 1.54) is 4.90 Å². The molecule has 6 heteroatoms. The molecule has 92 valence electrons. The van der Waals surface area contributed by atoms with Gasteiger partial charge >= 0.3 is 6.09 Å². The molecule has 1 atom stereocenters. The molecule has 1 aliphatic rings. The predicted octanol–water partition coefficient (Wildman–Crippen LogP) is 0.0592. The minimum absolute atomic E-state index is 0.107. The fourth-order valence-corrected chi connectivity index (χ4v) is 1.29. The lowest BCUT2D eigenvalue weighted by Crippen LogP contribution is -2.43. The Kier molecular flexibility index (Phi) is 5.81. The zero-order valence-electron chi connectivity index (χ0n) is 9.39. The summed E-state index contributed by atoms with van der Waals surface area (Å²) in [5, 5.41) is 0. The van der Waals surface area contributed by atoms with Crippen LogP contribution in [0.5, 0.6) is 0 Å². The Hall–Kier alpha value is -1.14. The Balaban J connectivity index is 2.32. The van der Waals surface area contributed by atoms with E-state index in [9.17, 15) is 9.59 Å². The van der Waals surface area contributed by atoms with Crippen molar-refractivity contribution in [3.63, 3.8) is 0 Å². The smallest absolute Gasteiger partial charge is 0.410 e. The van der Waals surface area contributed by atoms with Gasteiger partial charge in [-0.3, -0.25) is 4.79 Å². The van der Waals surface area contributed by atoms with Crippen molar-refractivity contribution >= 4 is 12.4 Å². The highest BCUT2D eigenvalue weighted by molar-refractivity contribution is 5.71. The standard InChI is InChI=1S/C10H17NO5/c1-2-14-8-9(7-12)16-10(13)11-3-5-15-6-4-11/h7,9H,2-6,8H2,1H3/t9-/m1/s1. The summed E-state index contributed by atoms with van der Waals surface area (Å²) in [7, 11) is 0. The number of carbonyl (C=O) groups is 2. The number of hydrogen-bond donors (Lipinski definition) is 0. The zero-order valence-corrected chi connectivity index (χ0v) is 9.39. The van der Waals surface area contributed by atoms with E-state index in [2.05, 4.69) is 0 Å². The summed E-state index contributed by atoms with van der Waals surface area (Å²) < 4.78 is 15.1. The van der Waals surface area contributed by atoms with Crippen LogP contribution >= 0.6 is 0 Å². The van der Waals surface area contributed by atoms with Crippen molar-refractivity contribution in [2.24, 2.45) is 0 Å². The van der Waals surface area contributed by atoms with Crippen molar-refractivity contribution in [1.29, 1.82) is 0 Å². The maximum atomic E-state index is 11.6. The Morgan fingerprint density at radius 3 is 2.75 bits per heavy atom. The first kappa shape index (κ1) is 12.9. The minimum Gasteiger partial charge on any atom is -0.436 e. The number of carbonyl (C=O) groups excluding carboxylic acids is 2. The van der Waals surface area contributed by atoms with E-state index in [0.717, 1.165) is 0 Å². The summed E-state index contributed by atoms with van der Waals surface area (Å²) in [6, 6.07) is 0. The molecule has 16 heavy (non-hydrogen) atoms. The van der Waals surface area contributed by atoms with Crippen molar-refractivity contribution in [2.45, 2.75) is 13.0 Å². The van der Waals surface area contributed by atoms with Gasteiger partial charge in [0.1, 0.15) is 0 Å². The van der Waals surface area contributed by atoms with Gasteiger partial charge in [0, 0.05) is 19.7 Å². The quantitative estimate of drug-likeness (QED) is 0.626. The Bertz CT molecular complexity index is 227. The number of rotatable bonds is 5. The maximum absolute atomic E-state index is 11.6. The Labute approximate surface area is 94.4 Å². The number of nitrogens with zero attached hydrogens (tertiary/aromatic N) is 1. The van der Waals surface area contributed by atoms with E-state index in [1.54, 1.807) is 0 Å². The lowest BCUT2D eigenvalue weighted by atomic mass is 10.4. The van der Waals surface area contributed by atoms with Crippen molar-refractivity contribution in [3.8, 4) is 0 Å². The second-order valence-corrected chi connectivity index (χ2v) is 3.32. The largest absolute Gasteiger partial charge is 0.436 e. The third-order valence-electron chi connectivity index (χ3n) is 2.16. The fraction of sp³-hybridized carbons (Fsp3) is 0.800. The third kappa shape index (κ3) is 4.16. The first-order chi connectivity index (χ1) is 7.77. The molecule has 1 rings (SSSR count). The molecule has 6 nitrogen and oxygen atoms in total. The lowest BCUT2D eigenvalue weighted by molar-refractivity contribution is -0.119. The molecule has 1 amide bonds. The first-order valence-electron chi connectivity index (χ1n) is 5.34. The molecular weight excluding hydrogens is 214 g/mol. The van der Waals surface area contributed by atoms with Crippen LogP contribution in [0.2, 0.25) is 0 Å². The summed E-state index contributed by atoms with van der Waals surface area (Å²) in [6.07, 6.45) is -0.732. The summed E-state index contributed by atoms with van der Waals surface area (Å²) in [5.41, 5.74) is 0. The van der Waals surface area contributed by atoms with Crippen LogP contribution in [0, 0.1) is 0 Å². The van der Waals surface area contributed by atoms with Crippen molar-refractivity contribution < 1.29 is 23.8 Å². The van der Waals surface area contributed by atoms with E-state index in [4.69, 9.17) is 14.2 Å². The van der Waals surface area contributed by atoms with Crippen LogP contribution in [-0.2, 0) is 19.0 Å². The van der Waals surface area contributed by atoms with Crippen LogP contribution in [0.4, 0.5) is 4.79 Å². The molecule has 0 unspecified atom stereocenters. The fourth-order valence-electron chi connectivity index (χ4n) is 1.29. The molecule has 0 aliphatic carbocycles. The van der Waals surface area contributed by atoms with E-state index in [0.29, 0.717) is 39.2 Å². The normalized spacial score (nSPS) is 17.9. The van der Waals surface area contributed by atoms with Gasteiger partial charge in [-0.2, -0.15) is 0 Å². The van der Waals surface area contributed by atoms with Gasteiger partial charge in [0.15, 0.2) is 12.4 Å². The second-order valence-electron chi connectivity index (χ2n) is 3.32. The number of aldehydes is 1. The van der Waals surface area contributed by atoms with Crippen LogP contribution < -0.4 is 0 Å². The molecule has 0 bridgehead atoms. The van der Waals surface area contributed by atoms with E-state index in [-0.39, 0.29) is 6.61 Å². The SMILES string of the molecule is CCOC[C@@H](C=O)OC(=O)N1CCOCC1. The monoisotopic (exact) mass is 231 g/mol. The number of ether oxygens (including phenoxy) is 3. The molecular formula is C10H17NO5. The number of amides is 1. The highest BCUT2D eigenvalue weighted by Crippen LogP contribution is 2.02. The zero-order chi connectivity index (χ0) is 11.8. The van der Waals surface area contributed by atoms with Crippen molar-refractivity contribution in [3.05, 3.63) is 0 Å². The average Bonchev–Trinajstić information content (AvgIpc) is 2.35. The van der Waals surface area contributed by atoms with Crippen molar-refractivity contribution in [1.82, 2.24) is 4.90 Å². The number of hydrogen-bond acceptors (Lipinski definition) is 5. The van der Waals surface area contributed by atoms with Crippen LogP contribution in [0.3, 0.4) is 0 Å². The molecule has 0 aromatic carbocycles. The van der Waals surface area contributed by atoms with E-state index < -0.39 is 12.2 Å². The van der Waals surface area contributed by atoms with Gasteiger partial charge < -0.3 is 19.1 Å². The molecule has 1 aliphatic heterocycles. The molecule has 0 aromatic rings. The van der Waals surface area contributed by atoms with Crippen LogP contribution in [0.25, 0.3) is 0 Å². The summed E-state index contributed by atoms with van der Waals surface area (Å²) in [4.78, 5) is 23.7. The Morgan fingerprint density at radius 1 is 1.50 bits per heavy atom. The maximum Gasteiger partial charge on any atom is 0.410 e. The predicted molar refractivity (Wildman–Crippen MR) is 55.2 cm³/mol. The summed E-state index contributed by atoms with van der Waals surface area (Å²) in [6.45, 7) is 4.41. The molecule has 1 heterocycles. The van der Waals surface area contributed by atoms with Crippen LogP contribution in [0.15, 0.2) is 0 Å². The molecule has 0 spiro atoms. The topological polar surface area (TPSA) is 65.1 Å². The molecule has 0 radical (unpaired) electrons. The number of morpholine rings is 1. The highest BCUT2D eigenvalue weighted by Gasteiger charge is 2.21. The van der Waals surface area contributed by atoms with Crippen molar-refractivity contribution in [2.75, 3.05) is 39.5 Å².